The fourth-order valence-electron chi connectivity index (χ4n) is 10.1. The van der Waals surface area contributed by atoms with E-state index in [0.29, 0.717) is 5.56 Å². The van der Waals surface area contributed by atoms with E-state index >= 15 is 4.79 Å². The van der Waals surface area contributed by atoms with Gasteiger partial charge in [0, 0.05) is 17.0 Å². The highest BCUT2D eigenvalue weighted by molar-refractivity contribution is 6.99. The van der Waals surface area contributed by atoms with Crippen LogP contribution < -0.4 is 10.4 Å². The molecule has 5 aliphatic rings. The van der Waals surface area contributed by atoms with Crippen molar-refractivity contribution in [2.75, 3.05) is 40.1 Å². The molecule has 1 N–H and O–H groups in total. The van der Waals surface area contributed by atoms with Gasteiger partial charge in [-0.1, -0.05) is 138 Å². The van der Waals surface area contributed by atoms with Crippen LogP contribution in [0.1, 0.15) is 59.8 Å². The summed E-state index contributed by atoms with van der Waals surface area (Å²) in [5.41, 5.74) is 9.54. The van der Waals surface area contributed by atoms with Crippen LogP contribution in [0.3, 0.4) is 0 Å². The van der Waals surface area contributed by atoms with Gasteiger partial charge in [0.15, 0.2) is 27.0 Å². The van der Waals surface area contributed by atoms with Crippen molar-refractivity contribution in [2.45, 2.75) is 144 Å². The molecule has 5 heterocycles. The van der Waals surface area contributed by atoms with E-state index < -0.39 is 132 Å². The number of rotatable bonds is 16. The number of nitrogens with zero attached hydrogens (tertiary/aromatic N) is 4. The average molecular weight is 1060 g/mol. The number of carbonyl (C=O) groups excluding carboxylic acids is 4. The molecule has 3 unspecified atom stereocenters. The van der Waals surface area contributed by atoms with Crippen molar-refractivity contribution in [2.24, 2.45) is 5.11 Å². The smallest absolute Gasteiger partial charge is 0.465 e. The van der Waals surface area contributed by atoms with E-state index in [1.54, 1.807) is 24.3 Å². The first-order valence-corrected chi connectivity index (χ1v) is 29.5. The van der Waals surface area contributed by atoms with Crippen molar-refractivity contribution >= 4 is 51.1 Å². The Labute approximate surface area is 431 Å². The minimum Gasteiger partial charge on any atom is -0.465 e. The molecule has 23 heteroatoms. The van der Waals surface area contributed by atoms with Crippen LogP contribution in [-0.2, 0) is 65.8 Å². The molecule has 5 saturated heterocycles. The van der Waals surface area contributed by atoms with Crippen molar-refractivity contribution < 1.29 is 80.5 Å². The minimum absolute atomic E-state index is 0.0957. The number of methoxy groups -OCH3 is 1. The lowest BCUT2D eigenvalue weighted by Gasteiger charge is -2.52. The van der Waals surface area contributed by atoms with Crippen LogP contribution in [0, 0.1) is 0 Å². The second kappa shape index (κ2) is 22.1. The molecule has 74 heavy (non-hydrogen) atoms. The summed E-state index contributed by atoms with van der Waals surface area (Å²) in [5, 5.41) is 16.6. The van der Waals surface area contributed by atoms with E-state index in [4.69, 9.17) is 61.8 Å². The van der Waals surface area contributed by atoms with Gasteiger partial charge in [-0.25, -0.2) is 19.3 Å². The second-order valence-corrected chi connectivity index (χ2v) is 30.4. The summed E-state index contributed by atoms with van der Waals surface area (Å²) in [4.78, 5) is 61.4. The summed E-state index contributed by atoms with van der Waals surface area (Å²) >= 11 is 0. The molecule has 12 atom stereocenters. The van der Waals surface area contributed by atoms with Crippen LogP contribution >= 0.6 is 0 Å². The summed E-state index contributed by atoms with van der Waals surface area (Å²) < 4.78 is 75.2. The Bertz CT molecular complexity index is 2470. The van der Waals surface area contributed by atoms with Gasteiger partial charge in [0.25, 0.3) is 20.0 Å². The van der Waals surface area contributed by atoms with E-state index in [0.717, 1.165) is 22.4 Å². The van der Waals surface area contributed by atoms with Gasteiger partial charge in [-0.05, 0) is 39.1 Å². The summed E-state index contributed by atoms with van der Waals surface area (Å²) in [6.45, 7) is 14.8. The van der Waals surface area contributed by atoms with E-state index in [1.807, 2.05) is 121 Å². The molecule has 0 spiro atoms. The molecule has 0 saturated carbocycles. The van der Waals surface area contributed by atoms with Crippen LogP contribution in [0.4, 0.5) is 9.59 Å². The highest BCUT2D eigenvalue weighted by Crippen LogP contribution is 2.47. The van der Waals surface area contributed by atoms with Crippen molar-refractivity contribution in [1.29, 1.82) is 0 Å². The SMILES string of the molecule is COC(=O)[C@@]1(O[C@@H]2[C@@H](O)[C@H](OCCN=[N+]=[N-])O[C@@H]3COC(c4ccccc4)O[C@H]23)C[C@@H]2OC(=O)N(C(=O)CO[Si](c3ccccc3)(c3ccccc3)C(C)(C)C)[C@H]2[C@H](C2OC(=O)OCC2O[Si](C)(C)C(C)(C)C)O1. The third kappa shape index (κ3) is 10.9. The molecule has 21 nitrogen and oxygen atoms in total. The number of hydrogen-bond donors (Lipinski definition) is 1. The van der Waals surface area contributed by atoms with E-state index in [-0.39, 0.29) is 31.4 Å². The number of aliphatic hydroxyl groups excluding tert-OH is 1. The molecule has 0 radical (unpaired) electrons. The number of amides is 2. The van der Waals surface area contributed by atoms with Crippen LogP contribution in [0.15, 0.2) is 96.1 Å². The van der Waals surface area contributed by atoms with Crippen molar-refractivity contribution in [3.8, 4) is 0 Å². The quantitative estimate of drug-likeness (QED) is 0.0340. The van der Waals surface area contributed by atoms with Gasteiger partial charge in [0.2, 0.25) is 0 Å². The number of benzene rings is 3. The maximum absolute atomic E-state index is 15.1. The molecule has 0 bridgehead atoms. The van der Waals surface area contributed by atoms with Crippen LogP contribution in [-0.4, -0.2) is 158 Å². The molecular weight excluding hydrogens is 997 g/mol. The Morgan fingerprint density at radius 1 is 0.851 bits per heavy atom. The molecule has 0 aliphatic carbocycles. The zero-order chi connectivity index (χ0) is 53.2. The van der Waals surface area contributed by atoms with Gasteiger partial charge >= 0.3 is 18.2 Å². The van der Waals surface area contributed by atoms with Gasteiger partial charge < -0.3 is 61.3 Å². The normalized spacial score (nSPS) is 30.4. The zero-order valence-corrected chi connectivity index (χ0v) is 45.0. The van der Waals surface area contributed by atoms with Crippen molar-refractivity contribution in [1.82, 2.24) is 4.90 Å². The molecule has 8 rings (SSSR count). The molecule has 0 aromatic heterocycles. The third-order valence-electron chi connectivity index (χ3n) is 14.6. The number of cyclic esters (lactones) is 2. The van der Waals surface area contributed by atoms with Gasteiger partial charge in [0.1, 0.15) is 62.0 Å². The first kappa shape index (κ1) is 55.0. The van der Waals surface area contributed by atoms with Crippen molar-refractivity contribution in [3.05, 3.63) is 107 Å². The number of carbonyl (C=O) groups is 4. The lowest BCUT2D eigenvalue weighted by molar-refractivity contribution is -0.399. The molecule has 3 aromatic carbocycles. The largest absolute Gasteiger partial charge is 0.508 e. The fraction of sp³-hybridized carbons (Fsp3) is 0.569. The van der Waals surface area contributed by atoms with E-state index in [2.05, 4.69) is 10.0 Å². The Balaban J connectivity index is 1.21. The molecule has 400 valence electrons. The van der Waals surface area contributed by atoms with Crippen molar-refractivity contribution in [3.63, 3.8) is 0 Å². The third-order valence-corrected chi connectivity index (χ3v) is 24.1. The standard InChI is InChI=1S/C51H66N4O17Si2/c1-49(2,3)73(8,9)72-36-29-64-48(60)69-41(36)42-38-34(67-47(59)55(38)37(56)30-65-74(50(4,5)6,32-21-15-11-16-22-32)33-23-17-12-18-24-33)27-51(70-42,46(58)61-7)71-43-39(57)45(62-26-25-53-54-52)66-35-28-63-44(68-40(35)43)31-19-13-10-14-20-31/h10-24,34-36,38-45,57H,25-30H2,1-9H3/t34-,35+,36?,38+,39+,40-,41?,42+,43+,44?,45+,51-/m0/s1. The Morgan fingerprint density at radius 3 is 2.08 bits per heavy atom. The first-order valence-electron chi connectivity index (χ1n) is 24.7. The average Bonchev–Trinajstić information content (AvgIpc) is 3.71. The summed E-state index contributed by atoms with van der Waals surface area (Å²) in [6, 6.07) is 26.9. The monoisotopic (exact) mass is 1060 g/mol. The molecule has 5 aliphatic heterocycles. The molecular formula is C51H66N4O17Si2. The topological polar surface area (TPSA) is 251 Å². The maximum Gasteiger partial charge on any atom is 0.508 e. The van der Waals surface area contributed by atoms with E-state index in [9.17, 15) is 19.5 Å². The number of imide groups is 1. The van der Waals surface area contributed by atoms with Crippen LogP contribution in [0.5, 0.6) is 0 Å². The summed E-state index contributed by atoms with van der Waals surface area (Å²) in [7, 11) is -5.05. The second-order valence-electron chi connectivity index (χ2n) is 21.3. The molecule has 3 aromatic rings. The van der Waals surface area contributed by atoms with E-state index in [1.165, 1.54) is 0 Å². The number of azide groups is 1. The molecule has 2 amide bonds. The number of ether oxygens (including phenoxy) is 10. The Morgan fingerprint density at radius 2 is 1.49 bits per heavy atom. The van der Waals surface area contributed by atoms with Gasteiger partial charge in [0.05, 0.1) is 26.7 Å². The predicted molar refractivity (Wildman–Crippen MR) is 267 cm³/mol. The highest BCUT2D eigenvalue weighted by atomic mass is 28.4. The zero-order valence-electron chi connectivity index (χ0n) is 43.0. The number of esters is 1. The lowest BCUT2D eigenvalue weighted by atomic mass is 9.87. The first-order chi connectivity index (χ1) is 35.1. The Kier molecular flexibility index (Phi) is 16.4. The predicted octanol–water partition coefficient (Wildman–Crippen LogP) is 5.78. The lowest BCUT2D eigenvalue weighted by Crippen LogP contribution is -2.71. The molecule has 5 fully saturated rings. The van der Waals surface area contributed by atoms with Crippen LogP contribution in [0.25, 0.3) is 10.4 Å². The van der Waals surface area contributed by atoms with Gasteiger partial charge in [-0.15, -0.1) is 0 Å². The van der Waals surface area contributed by atoms with Gasteiger partial charge in [-0.3, -0.25) is 4.79 Å². The number of hydrogen-bond acceptors (Lipinski definition) is 18. The Hall–Kier alpha value is -5.28. The van der Waals surface area contributed by atoms with Gasteiger partial charge in [-0.2, -0.15) is 0 Å². The highest BCUT2D eigenvalue weighted by Gasteiger charge is 2.67. The number of fused-ring (bicyclic) bond motifs is 2. The minimum atomic E-state index is -3.38. The van der Waals surface area contributed by atoms with Crippen LogP contribution in [0.2, 0.25) is 23.2 Å². The maximum atomic E-state index is 15.1. The fourth-order valence-corrected chi connectivity index (χ4v) is 15.9. The number of aliphatic hydroxyl groups is 1. The summed E-state index contributed by atoms with van der Waals surface area (Å²) in [6.07, 6.45) is -16.4. The summed E-state index contributed by atoms with van der Waals surface area (Å²) in [5.74, 6) is -4.55.